The van der Waals surface area contributed by atoms with Crippen molar-refractivity contribution in [2.75, 3.05) is 0 Å². The average Bonchev–Trinajstić information content (AvgIpc) is 3.98. The van der Waals surface area contributed by atoms with Crippen LogP contribution < -0.4 is 0 Å². The Kier molecular flexibility index (Phi) is 7.58. The van der Waals surface area contributed by atoms with Gasteiger partial charge in [-0.25, -0.2) is 15.0 Å². The van der Waals surface area contributed by atoms with Crippen molar-refractivity contribution >= 4 is 54.5 Å². The van der Waals surface area contributed by atoms with Gasteiger partial charge in [0.2, 0.25) is 5.95 Å². The first-order chi connectivity index (χ1) is 31.0. The number of rotatable bonds is 5. The lowest BCUT2D eigenvalue weighted by molar-refractivity contribution is 0.660. The predicted octanol–water partition coefficient (Wildman–Crippen LogP) is 14.5. The van der Waals surface area contributed by atoms with E-state index in [1.807, 2.05) is 6.07 Å². The van der Waals surface area contributed by atoms with E-state index >= 15 is 0 Å². The molecular formula is C58H39N5. The lowest BCUT2D eigenvalue weighted by Gasteiger charge is -2.22. The Balaban J connectivity index is 1.09. The minimum absolute atomic E-state index is 0.0877. The van der Waals surface area contributed by atoms with Gasteiger partial charge in [0.1, 0.15) is 5.82 Å². The molecule has 9 aromatic carbocycles. The number of nitrogens with zero attached hydrogens (tertiary/aromatic N) is 5. The number of imidazole rings is 1. The second-order valence-corrected chi connectivity index (χ2v) is 17.2. The van der Waals surface area contributed by atoms with Crippen LogP contribution in [0.15, 0.2) is 200 Å². The summed E-state index contributed by atoms with van der Waals surface area (Å²) in [5.41, 5.74) is 16.5. The molecule has 3 aromatic heterocycles. The molecule has 0 unspecified atom stereocenters. The Hall–Kier alpha value is -8.15. The highest BCUT2D eigenvalue weighted by Crippen LogP contribution is 2.50. The summed E-state index contributed by atoms with van der Waals surface area (Å²) >= 11 is 0. The third-order valence-electron chi connectivity index (χ3n) is 13.3. The summed E-state index contributed by atoms with van der Waals surface area (Å²) in [5, 5.41) is 5.71. The predicted molar refractivity (Wildman–Crippen MR) is 260 cm³/mol. The summed E-state index contributed by atoms with van der Waals surface area (Å²) in [6.45, 7) is 4.70. The Morgan fingerprint density at radius 1 is 0.413 bits per heavy atom. The van der Waals surface area contributed by atoms with Gasteiger partial charge in [-0.15, -0.1) is 0 Å². The van der Waals surface area contributed by atoms with Crippen molar-refractivity contribution < 1.29 is 0 Å². The molecule has 296 valence electrons. The maximum absolute atomic E-state index is 5.63. The van der Waals surface area contributed by atoms with Crippen LogP contribution in [0, 0.1) is 0 Å². The van der Waals surface area contributed by atoms with E-state index < -0.39 is 0 Å². The fourth-order valence-electron chi connectivity index (χ4n) is 10.4. The van der Waals surface area contributed by atoms with E-state index in [9.17, 15) is 0 Å². The van der Waals surface area contributed by atoms with E-state index in [2.05, 4.69) is 217 Å². The van der Waals surface area contributed by atoms with Crippen molar-refractivity contribution in [3.8, 4) is 56.5 Å². The highest BCUT2D eigenvalue weighted by molar-refractivity contribution is 6.22. The van der Waals surface area contributed by atoms with Crippen LogP contribution in [-0.2, 0) is 5.41 Å². The van der Waals surface area contributed by atoms with Gasteiger partial charge in [0.05, 0.1) is 38.7 Å². The van der Waals surface area contributed by atoms with Crippen LogP contribution in [0.2, 0.25) is 0 Å². The van der Waals surface area contributed by atoms with Gasteiger partial charge < -0.3 is 0 Å². The minimum Gasteiger partial charge on any atom is -0.292 e. The SMILES string of the molecule is CC1(C)c2ccccc2-c2ccc(-c3ccc4c(c3)c3c5ccccc5ccc3n4-c3nc(-c4ccccc4)c4c(ccc5nc(-c6ccccc6)n(-c6ccccc6)c54)n3)cc21. The Morgan fingerprint density at radius 2 is 1.06 bits per heavy atom. The van der Waals surface area contributed by atoms with Gasteiger partial charge in [-0.2, -0.15) is 0 Å². The van der Waals surface area contributed by atoms with Gasteiger partial charge in [0, 0.05) is 33.0 Å². The number of para-hydroxylation sites is 1. The number of aromatic nitrogens is 5. The first-order valence-electron chi connectivity index (χ1n) is 21.6. The monoisotopic (exact) mass is 805 g/mol. The molecule has 0 saturated heterocycles. The smallest absolute Gasteiger partial charge is 0.235 e. The number of hydrogen-bond donors (Lipinski definition) is 0. The highest BCUT2D eigenvalue weighted by atomic mass is 15.2. The highest BCUT2D eigenvalue weighted by Gasteiger charge is 2.35. The van der Waals surface area contributed by atoms with E-state index in [0.717, 1.165) is 66.7 Å². The summed E-state index contributed by atoms with van der Waals surface area (Å²) in [6.07, 6.45) is 0. The molecule has 3 heterocycles. The van der Waals surface area contributed by atoms with Crippen LogP contribution in [0.4, 0.5) is 0 Å². The molecule has 0 fully saturated rings. The molecule has 1 aliphatic carbocycles. The molecule has 5 heteroatoms. The Labute approximate surface area is 364 Å². The molecule has 0 amide bonds. The van der Waals surface area contributed by atoms with E-state index in [1.54, 1.807) is 0 Å². The first-order valence-corrected chi connectivity index (χ1v) is 21.6. The first kappa shape index (κ1) is 35.6. The maximum atomic E-state index is 5.63. The van der Waals surface area contributed by atoms with Crippen LogP contribution in [0.1, 0.15) is 25.0 Å². The van der Waals surface area contributed by atoms with Gasteiger partial charge in [0.15, 0.2) is 0 Å². The van der Waals surface area contributed by atoms with Gasteiger partial charge in [-0.3, -0.25) is 9.13 Å². The second-order valence-electron chi connectivity index (χ2n) is 17.2. The van der Waals surface area contributed by atoms with Gasteiger partial charge in [-0.1, -0.05) is 166 Å². The average molecular weight is 806 g/mol. The van der Waals surface area contributed by atoms with Gasteiger partial charge in [0.25, 0.3) is 0 Å². The van der Waals surface area contributed by atoms with E-state index in [4.69, 9.17) is 15.0 Å². The summed E-state index contributed by atoms with van der Waals surface area (Å²) in [4.78, 5) is 16.4. The molecule has 0 spiro atoms. The topological polar surface area (TPSA) is 48.5 Å². The molecule has 12 aromatic rings. The zero-order valence-corrected chi connectivity index (χ0v) is 34.8. The molecular weight excluding hydrogens is 767 g/mol. The van der Waals surface area contributed by atoms with Crippen LogP contribution in [0.3, 0.4) is 0 Å². The van der Waals surface area contributed by atoms with Crippen molar-refractivity contribution in [1.82, 2.24) is 24.1 Å². The maximum Gasteiger partial charge on any atom is 0.235 e. The van der Waals surface area contributed by atoms with Crippen LogP contribution >= 0.6 is 0 Å². The number of fused-ring (bicyclic) bond motifs is 11. The number of hydrogen-bond acceptors (Lipinski definition) is 3. The fraction of sp³-hybridized carbons (Fsp3) is 0.0517. The van der Waals surface area contributed by atoms with Gasteiger partial charge >= 0.3 is 0 Å². The number of benzene rings is 9. The summed E-state index contributed by atoms with van der Waals surface area (Å²) in [6, 6.07) is 71.6. The second kappa shape index (κ2) is 13.4. The van der Waals surface area contributed by atoms with Crippen molar-refractivity contribution in [1.29, 1.82) is 0 Å². The lowest BCUT2D eigenvalue weighted by Crippen LogP contribution is -2.14. The zero-order valence-electron chi connectivity index (χ0n) is 34.8. The van der Waals surface area contributed by atoms with E-state index in [1.165, 1.54) is 49.5 Å². The van der Waals surface area contributed by atoms with Crippen LogP contribution in [0.5, 0.6) is 0 Å². The Bertz CT molecular complexity index is 3810. The molecule has 0 N–H and O–H groups in total. The standard InChI is InChI=1S/C58H39N5/c1-58(2)46-25-15-14-24-43(46)44-29-26-40(35-47(44)58)39-28-32-50-45(34-39)52-42-23-13-12-16-36(42)27-33-51(52)63(50)57-60-48-30-31-49-55(53(48)54(61-57)37-17-6-3-7-18-37)62(41-21-10-5-11-22-41)56(59-49)38-19-8-4-9-20-38/h3-35H,1-2H3. The van der Waals surface area contributed by atoms with Crippen LogP contribution in [-0.4, -0.2) is 24.1 Å². The third-order valence-corrected chi connectivity index (χ3v) is 13.3. The molecule has 0 radical (unpaired) electrons. The molecule has 1 aliphatic rings. The molecule has 0 saturated carbocycles. The molecule has 63 heavy (non-hydrogen) atoms. The van der Waals surface area contributed by atoms with Crippen molar-refractivity contribution in [3.63, 3.8) is 0 Å². The van der Waals surface area contributed by atoms with E-state index in [0.29, 0.717) is 5.95 Å². The Morgan fingerprint density at radius 3 is 1.89 bits per heavy atom. The van der Waals surface area contributed by atoms with Crippen molar-refractivity contribution in [3.05, 3.63) is 211 Å². The zero-order chi connectivity index (χ0) is 41.8. The van der Waals surface area contributed by atoms with Gasteiger partial charge in [-0.05, 0) is 92.7 Å². The molecule has 5 nitrogen and oxygen atoms in total. The van der Waals surface area contributed by atoms with E-state index in [-0.39, 0.29) is 5.41 Å². The molecule has 0 atom stereocenters. The van der Waals surface area contributed by atoms with Crippen LogP contribution in [0.25, 0.3) is 111 Å². The largest absolute Gasteiger partial charge is 0.292 e. The lowest BCUT2D eigenvalue weighted by atomic mass is 9.81. The third kappa shape index (κ3) is 5.26. The fourth-order valence-corrected chi connectivity index (χ4v) is 10.4. The summed E-state index contributed by atoms with van der Waals surface area (Å²) in [7, 11) is 0. The van der Waals surface area contributed by atoms with Crippen molar-refractivity contribution in [2.24, 2.45) is 0 Å². The molecule has 0 bridgehead atoms. The quantitative estimate of drug-likeness (QED) is 0.174. The summed E-state index contributed by atoms with van der Waals surface area (Å²) in [5.74, 6) is 1.49. The molecule has 0 aliphatic heterocycles. The molecule has 13 rings (SSSR count). The van der Waals surface area contributed by atoms with Crippen molar-refractivity contribution in [2.45, 2.75) is 19.3 Å². The minimum atomic E-state index is -0.0877. The normalized spacial score (nSPS) is 13.0. The summed E-state index contributed by atoms with van der Waals surface area (Å²) < 4.78 is 4.54.